The Kier molecular flexibility index (Phi) is 4.31. The molecule has 0 amide bonds. The highest BCUT2D eigenvalue weighted by atomic mass is 32.1. The van der Waals surface area contributed by atoms with Crippen molar-refractivity contribution in [3.8, 4) is 0 Å². The first-order chi connectivity index (χ1) is 8.72. The fraction of sp³-hybridized carbons (Fsp3) is 0.429. The maximum atomic E-state index is 4.46. The quantitative estimate of drug-likeness (QED) is 0.885. The van der Waals surface area contributed by atoms with Crippen LogP contribution in [0.4, 0.5) is 5.13 Å². The van der Waals surface area contributed by atoms with Crippen LogP contribution in [0.2, 0.25) is 0 Å². The minimum absolute atomic E-state index is 0.309. The second kappa shape index (κ2) is 5.96. The molecule has 2 rings (SSSR count). The standard InChI is InChI=1S/C14H19N3S/c1-4-12(11-8-6-10(3)7-9-11)15-14-16-13(5-2)17-18-14/h6-9,12H,4-5H2,1-3H3,(H,15,16,17). The molecule has 2 aromatic rings. The van der Waals surface area contributed by atoms with E-state index in [4.69, 9.17) is 0 Å². The van der Waals surface area contributed by atoms with E-state index in [1.165, 1.54) is 22.7 Å². The van der Waals surface area contributed by atoms with Crippen LogP contribution in [-0.4, -0.2) is 9.36 Å². The highest BCUT2D eigenvalue weighted by Gasteiger charge is 2.11. The summed E-state index contributed by atoms with van der Waals surface area (Å²) in [6.07, 6.45) is 1.92. The van der Waals surface area contributed by atoms with Crippen molar-refractivity contribution in [1.82, 2.24) is 9.36 Å². The van der Waals surface area contributed by atoms with Gasteiger partial charge in [-0.25, -0.2) is 4.98 Å². The van der Waals surface area contributed by atoms with Gasteiger partial charge in [-0.3, -0.25) is 0 Å². The molecule has 0 aliphatic heterocycles. The molecule has 4 heteroatoms. The summed E-state index contributed by atoms with van der Waals surface area (Å²) >= 11 is 1.44. The summed E-state index contributed by atoms with van der Waals surface area (Å²) in [5, 5.41) is 4.38. The van der Waals surface area contributed by atoms with E-state index in [9.17, 15) is 0 Å². The van der Waals surface area contributed by atoms with Crippen LogP contribution in [-0.2, 0) is 6.42 Å². The zero-order chi connectivity index (χ0) is 13.0. The predicted molar refractivity (Wildman–Crippen MR) is 77.1 cm³/mol. The number of nitrogens with zero attached hydrogens (tertiary/aromatic N) is 2. The Labute approximate surface area is 112 Å². The fourth-order valence-corrected chi connectivity index (χ4v) is 2.53. The van der Waals surface area contributed by atoms with Crippen molar-refractivity contribution in [3.63, 3.8) is 0 Å². The number of aromatic nitrogens is 2. The maximum absolute atomic E-state index is 4.46. The van der Waals surface area contributed by atoms with Crippen LogP contribution in [0.25, 0.3) is 0 Å². The molecule has 0 aliphatic carbocycles. The van der Waals surface area contributed by atoms with Crippen LogP contribution in [0.3, 0.4) is 0 Å². The summed E-state index contributed by atoms with van der Waals surface area (Å²) in [4.78, 5) is 4.46. The van der Waals surface area contributed by atoms with E-state index in [1.54, 1.807) is 0 Å². The van der Waals surface area contributed by atoms with Crippen molar-refractivity contribution in [2.24, 2.45) is 0 Å². The van der Waals surface area contributed by atoms with E-state index in [2.05, 4.69) is 59.7 Å². The normalized spacial score (nSPS) is 12.4. The minimum atomic E-state index is 0.309. The molecule has 0 radical (unpaired) electrons. The SMILES string of the molecule is CCc1nsc(NC(CC)c2ccc(C)cc2)n1. The van der Waals surface area contributed by atoms with E-state index >= 15 is 0 Å². The molecular formula is C14H19N3S. The topological polar surface area (TPSA) is 37.8 Å². The lowest BCUT2D eigenvalue weighted by Gasteiger charge is -2.16. The molecule has 1 atom stereocenters. The van der Waals surface area contributed by atoms with Gasteiger partial charge in [-0.15, -0.1) is 0 Å². The molecule has 18 heavy (non-hydrogen) atoms. The van der Waals surface area contributed by atoms with E-state index in [-0.39, 0.29) is 0 Å². The Morgan fingerprint density at radius 1 is 1.22 bits per heavy atom. The monoisotopic (exact) mass is 261 g/mol. The van der Waals surface area contributed by atoms with Gasteiger partial charge in [-0.1, -0.05) is 43.7 Å². The Hall–Kier alpha value is -1.42. The molecule has 1 aromatic carbocycles. The van der Waals surface area contributed by atoms with Crippen molar-refractivity contribution >= 4 is 16.7 Å². The Balaban J connectivity index is 2.11. The van der Waals surface area contributed by atoms with Crippen molar-refractivity contribution in [3.05, 3.63) is 41.2 Å². The molecule has 1 aromatic heterocycles. The van der Waals surface area contributed by atoms with E-state index in [0.717, 1.165) is 23.8 Å². The van der Waals surface area contributed by atoms with Gasteiger partial charge < -0.3 is 5.32 Å². The van der Waals surface area contributed by atoms with Gasteiger partial charge in [0.05, 0.1) is 6.04 Å². The molecule has 0 aliphatic rings. The lowest BCUT2D eigenvalue weighted by molar-refractivity contribution is 0.747. The molecule has 1 N–H and O–H groups in total. The van der Waals surface area contributed by atoms with Gasteiger partial charge >= 0.3 is 0 Å². The summed E-state index contributed by atoms with van der Waals surface area (Å²) in [5.41, 5.74) is 2.59. The van der Waals surface area contributed by atoms with Crippen molar-refractivity contribution in [1.29, 1.82) is 0 Å². The number of hydrogen-bond acceptors (Lipinski definition) is 4. The third kappa shape index (κ3) is 3.07. The summed E-state index contributed by atoms with van der Waals surface area (Å²) in [7, 11) is 0. The van der Waals surface area contributed by atoms with E-state index < -0.39 is 0 Å². The number of hydrogen-bond donors (Lipinski definition) is 1. The lowest BCUT2D eigenvalue weighted by Crippen LogP contribution is -2.09. The smallest absolute Gasteiger partial charge is 0.203 e. The first kappa shape index (κ1) is 13.0. The molecule has 0 saturated carbocycles. The molecule has 0 fully saturated rings. The Morgan fingerprint density at radius 3 is 2.50 bits per heavy atom. The maximum Gasteiger partial charge on any atom is 0.203 e. The van der Waals surface area contributed by atoms with Gasteiger partial charge in [0.15, 0.2) is 0 Å². The van der Waals surface area contributed by atoms with Gasteiger partial charge in [0.2, 0.25) is 5.13 Å². The highest BCUT2D eigenvalue weighted by Crippen LogP contribution is 2.23. The Bertz CT molecular complexity index is 490. The first-order valence-electron chi connectivity index (χ1n) is 6.38. The summed E-state index contributed by atoms with van der Waals surface area (Å²) in [6, 6.07) is 8.97. The molecule has 1 unspecified atom stereocenters. The largest absolute Gasteiger partial charge is 0.353 e. The predicted octanol–water partition coefficient (Wildman–Crippen LogP) is 3.97. The first-order valence-corrected chi connectivity index (χ1v) is 7.16. The lowest BCUT2D eigenvalue weighted by atomic mass is 10.0. The number of aryl methyl sites for hydroxylation is 2. The molecule has 0 spiro atoms. The summed E-state index contributed by atoms with van der Waals surface area (Å²) < 4.78 is 4.30. The minimum Gasteiger partial charge on any atom is -0.353 e. The molecule has 96 valence electrons. The zero-order valence-corrected chi connectivity index (χ0v) is 11.9. The summed E-state index contributed by atoms with van der Waals surface area (Å²) in [6.45, 7) is 6.36. The van der Waals surface area contributed by atoms with Gasteiger partial charge in [0, 0.05) is 18.0 Å². The van der Waals surface area contributed by atoms with E-state index in [1.807, 2.05) is 0 Å². The number of benzene rings is 1. The molecule has 1 heterocycles. The Morgan fingerprint density at radius 2 is 1.94 bits per heavy atom. The van der Waals surface area contributed by atoms with Crippen molar-refractivity contribution in [2.75, 3.05) is 5.32 Å². The average Bonchev–Trinajstić information content (AvgIpc) is 2.85. The van der Waals surface area contributed by atoms with Crippen LogP contribution < -0.4 is 5.32 Å². The van der Waals surface area contributed by atoms with Crippen LogP contribution in [0.5, 0.6) is 0 Å². The number of anilines is 1. The third-order valence-corrected chi connectivity index (χ3v) is 3.65. The highest BCUT2D eigenvalue weighted by molar-refractivity contribution is 7.09. The molecule has 3 nitrogen and oxygen atoms in total. The molecule has 0 bridgehead atoms. The summed E-state index contributed by atoms with van der Waals surface area (Å²) in [5.74, 6) is 0.918. The second-order valence-corrected chi connectivity index (χ2v) is 5.14. The van der Waals surface area contributed by atoms with Gasteiger partial charge in [0.1, 0.15) is 5.82 Å². The van der Waals surface area contributed by atoms with Gasteiger partial charge in [-0.05, 0) is 18.9 Å². The van der Waals surface area contributed by atoms with E-state index in [0.29, 0.717) is 6.04 Å². The molecular weight excluding hydrogens is 242 g/mol. The van der Waals surface area contributed by atoms with Crippen molar-refractivity contribution in [2.45, 2.75) is 39.7 Å². The van der Waals surface area contributed by atoms with Gasteiger partial charge in [0.25, 0.3) is 0 Å². The molecule has 0 saturated heterocycles. The second-order valence-electron chi connectivity index (χ2n) is 4.39. The number of rotatable bonds is 5. The third-order valence-electron chi connectivity index (χ3n) is 2.97. The number of nitrogens with one attached hydrogen (secondary N) is 1. The van der Waals surface area contributed by atoms with Crippen molar-refractivity contribution < 1.29 is 0 Å². The fourth-order valence-electron chi connectivity index (χ4n) is 1.83. The zero-order valence-electron chi connectivity index (χ0n) is 11.1. The van der Waals surface area contributed by atoms with Crippen LogP contribution >= 0.6 is 11.5 Å². The van der Waals surface area contributed by atoms with Crippen LogP contribution in [0.1, 0.15) is 43.3 Å². The van der Waals surface area contributed by atoms with Crippen LogP contribution in [0.15, 0.2) is 24.3 Å². The van der Waals surface area contributed by atoms with Gasteiger partial charge in [-0.2, -0.15) is 4.37 Å². The van der Waals surface area contributed by atoms with Crippen LogP contribution in [0, 0.1) is 6.92 Å². The average molecular weight is 261 g/mol.